The first-order valence-corrected chi connectivity index (χ1v) is 13.8. The van der Waals surface area contributed by atoms with Crippen LogP contribution in [0.5, 0.6) is 11.5 Å². The Bertz CT molecular complexity index is 1680. The Labute approximate surface area is 243 Å². The lowest BCUT2D eigenvalue weighted by Gasteiger charge is -2.26. The van der Waals surface area contributed by atoms with Gasteiger partial charge in [0.1, 0.15) is 46.8 Å². The van der Waals surface area contributed by atoms with Gasteiger partial charge in [0.2, 0.25) is 0 Å². The number of fused-ring (bicyclic) bond motifs is 1. The summed E-state index contributed by atoms with van der Waals surface area (Å²) in [6.45, 7) is 6.71. The van der Waals surface area contributed by atoms with E-state index in [1.165, 1.54) is 12.4 Å². The maximum atomic E-state index is 15.5. The second kappa shape index (κ2) is 12.0. The van der Waals surface area contributed by atoms with Crippen molar-refractivity contribution in [3.8, 4) is 28.8 Å². The topological polar surface area (TPSA) is 132 Å². The minimum absolute atomic E-state index is 0.0258. The number of halogens is 1. The van der Waals surface area contributed by atoms with Crippen LogP contribution >= 0.6 is 0 Å². The zero-order chi connectivity index (χ0) is 29.9. The molecule has 0 spiro atoms. The summed E-state index contributed by atoms with van der Waals surface area (Å²) in [6.07, 6.45) is 4.37. The van der Waals surface area contributed by atoms with Gasteiger partial charge in [-0.05, 0) is 64.0 Å². The highest BCUT2D eigenvalue weighted by Crippen LogP contribution is 2.35. The van der Waals surface area contributed by atoms with Crippen molar-refractivity contribution in [1.29, 1.82) is 5.26 Å². The van der Waals surface area contributed by atoms with Crippen LogP contribution in [0.1, 0.15) is 33.6 Å². The predicted molar refractivity (Wildman–Crippen MR) is 156 cm³/mol. The van der Waals surface area contributed by atoms with Crippen LogP contribution in [-0.2, 0) is 16.1 Å². The molecule has 10 nitrogen and oxygen atoms in total. The Hall–Kier alpha value is -4.82. The van der Waals surface area contributed by atoms with Gasteiger partial charge in [-0.15, -0.1) is 0 Å². The summed E-state index contributed by atoms with van der Waals surface area (Å²) >= 11 is 0. The number of amides is 1. The summed E-state index contributed by atoms with van der Waals surface area (Å²) in [5, 5.41) is 14.9. The highest BCUT2D eigenvalue weighted by molar-refractivity contribution is 5.99. The van der Waals surface area contributed by atoms with Crippen molar-refractivity contribution in [2.24, 2.45) is 0 Å². The van der Waals surface area contributed by atoms with Crippen molar-refractivity contribution in [2.45, 2.75) is 51.8 Å². The second-order valence-corrected chi connectivity index (χ2v) is 10.5. The van der Waals surface area contributed by atoms with Gasteiger partial charge < -0.3 is 20.1 Å². The molecule has 1 amide bonds. The third-order valence-electron chi connectivity index (χ3n) is 7.11. The Morgan fingerprint density at radius 3 is 2.71 bits per heavy atom. The molecular weight excluding hydrogens is 537 g/mol. The van der Waals surface area contributed by atoms with E-state index in [0.717, 1.165) is 6.42 Å². The van der Waals surface area contributed by atoms with Crippen molar-refractivity contribution in [3.63, 3.8) is 0 Å². The van der Waals surface area contributed by atoms with E-state index in [1.807, 2.05) is 45.0 Å². The van der Waals surface area contributed by atoms with Crippen molar-refractivity contribution in [3.05, 3.63) is 72.3 Å². The van der Waals surface area contributed by atoms with Crippen LogP contribution in [0.15, 0.2) is 66.5 Å². The number of nitrogens with two attached hydrogens (primary N) is 1. The molecule has 2 N–H and O–H groups in total. The lowest BCUT2D eigenvalue weighted by Crippen LogP contribution is -2.39. The molecule has 5 rings (SSSR count). The Balaban J connectivity index is 1.45. The number of carbonyl (C=O) groups is 1. The molecule has 2 aromatic carbocycles. The maximum Gasteiger partial charge on any atom is 0.264 e. The maximum absolute atomic E-state index is 15.5. The van der Waals surface area contributed by atoms with E-state index < -0.39 is 11.4 Å². The molecule has 4 aromatic rings. The zero-order valence-electron chi connectivity index (χ0n) is 23.7. The normalized spacial score (nSPS) is 15.6. The minimum Gasteiger partial charge on any atom is -0.457 e. The smallest absolute Gasteiger partial charge is 0.264 e. The minimum atomic E-state index is -0.766. The number of nitrogens with zero attached hydrogens (tertiary/aromatic N) is 6. The number of aromatic nitrogens is 4. The molecule has 42 heavy (non-hydrogen) atoms. The van der Waals surface area contributed by atoms with Gasteiger partial charge in [-0.3, -0.25) is 4.79 Å². The van der Waals surface area contributed by atoms with Crippen LogP contribution in [0.2, 0.25) is 0 Å². The van der Waals surface area contributed by atoms with E-state index in [2.05, 4.69) is 9.97 Å². The number of para-hydroxylation sites is 1. The van der Waals surface area contributed by atoms with Gasteiger partial charge in [-0.2, -0.15) is 10.4 Å². The first kappa shape index (κ1) is 28.7. The number of nitrogen functional groups attached to an aromatic ring is 1. The molecule has 1 fully saturated rings. The number of hydrogen-bond acceptors (Lipinski definition) is 8. The molecule has 1 atom stereocenters. The molecule has 1 saturated heterocycles. The number of benzene rings is 2. The van der Waals surface area contributed by atoms with Crippen molar-refractivity contribution < 1.29 is 18.7 Å². The Morgan fingerprint density at radius 1 is 1.21 bits per heavy atom. The van der Waals surface area contributed by atoms with Crippen LogP contribution in [0, 0.1) is 17.1 Å². The average molecular weight is 570 g/mol. The van der Waals surface area contributed by atoms with E-state index >= 15 is 4.39 Å². The fourth-order valence-electron chi connectivity index (χ4n) is 5.27. The van der Waals surface area contributed by atoms with Gasteiger partial charge >= 0.3 is 0 Å². The summed E-state index contributed by atoms with van der Waals surface area (Å²) in [6, 6.07) is 15.4. The molecule has 1 aliphatic heterocycles. The second-order valence-electron chi connectivity index (χ2n) is 10.5. The van der Waals surface area contributed by atoms with Gasteiger partial charge in [0, 0.05) is 24.8 Å². The molecule has 3 heterocycles. The molecule has 0 saturated carbocycles. The number of nitriles is 1. The Kier molecular flexibility index (Phi) is 8.17. The predicted octanol–water partition coefficient (Wildman–Crippen LogP) is 5.26. The van der Waals surface area contributed by atoms with Crippen molar-refractivity contribution in [1.82, 2.24) is 24.6 Å². The number of carbonyl (C=O) groups excluding carboxylic acids is 1. The molecular formula is C31H32FN7O3. The number of likely N-dealkylation sites (tertiary alicyclic amines) is 1. The largest absolute Gasteiger partial charge is 0.457 e. The molecule has 216 valence electrons. The molecule has 0 radical (unpaired) electrons. The fourth-order valence-corrected chi connectivity index (χ4v) is 5.27. The summed E-state index contributed by atoms with van der Waals surface area (Å²) < 4.78 is 28.6. The van der Waals surface area contributed by atoms with E-state index in [9.17, 15) is 10.1 Å². The SMILES string of the molecule is CCOC(C)(C)C=C(C#N)C(=O)N1CCC[C@H]1Cn1nc(-c2ccc(Oc3ccccc3)cc2F)c2c(N)ncnc21. The van der Waals surface area contributed by atoms with E-state index in [0.29, 0.717) is 47.8 Å². The van der Waals surface area contributed by atoms with Crippen molar-refractivity contribution in [2.75, 3.05) is 18.9 Å². The lowest BCUT2D eigenvalue weighted by molar-refractivity contribution is -0.127. The van der Waals surface area contributed by atoms with Gasteiger partial charge in [0.05, 0.1) is 23.6 Å². The summed E-state index contributed by atoms with van der Waals surface area (Å²) in [5.41, 5.74) is 6.43. The fraction of sp³-hybridized carbons (Fsp3) is 0.323. The summed E-state index contributed by atoms with van der Waals surface area (Å²) in [4.78, 5) is 23.7. The molecule has 0 aliphatic carbocycles. The molecule has 0 bridgehead atoms. The molecule has 11 heteroatoms. The van der Waals surface area contributed by atoms with Crippen LogP contribution in [0.25, 0.3) is 22.3 Å². The van der Waals surface area contributed by atoms with Crippen LogP contribution in [-0.4, -0.2) is 55.4 Å². The first-order valence-electron chi connectivity index (χ1n) is 13.8. The van der Waals surface area contributed by atoms with Crippen LogP contribution < -0.4 is 10.5 Å². The van der Waals surface area contributed by atoms with Gasteiger partial charge in [-0.1, -0.05) is 18.2 Å². The summed E-state index contributed by atoms with van der Waals surface area (Å²) in [5.74, 6) is 0.181. The third kappa shape index (κ3) is 5.94. The highest BCUT2D eigenvalue weighted by Gasteiger charge is 2.33. The van der Waals surface area contributed by atoms with E-state index in [1.54, 1.807) is 39.9 Å². The monoisotopic (exact) mass is 569 g/mol. The highest BCUT2D eigenvalue weighted by atomic mass is 19.1. The average Bonchev–Trinajstić information content (AvgIpc) is 3.58. The van der Waals surface area contributed by atoms with E-state index in [4.69, 9.17) is 20.3 Å². The van der Waals surface area contributed by atoms with Crippen LogP contribution in [0.3, 0.4) is 0 Å². The molecule has 0 unspecified atom stereocenters. The molecule has 2 aromatic heterocycles. The zero-order valence-corrected chi connectivity index (χ0v) is 23.7. The standard InChI is InChI=1S/C31H32FN7O3/c1-4-41-31(2,3)16-20(17-33)30(40)38-14-8-9-21(38)18-39-29-26(28(34)35-19-36-29)27(37-39)24-13-12-23(15-25(24)32)42-22-10-6-5-7-11-22/h5-7,10-13,15-16,19,21H,4,8-9,14,18H2,1-3H3,(H2,34,35,36)/t21-/m0/s1. The van der Waals surface area contributed by atoms with Crippen LogP contribution in [0.4, 0.5) is 10.2 Å². The Morgan fingerprint density at radius 2 is 2.00 bits per heavy atom. The van der Waals surface area contributed by atoms with Crippen molar-refractivity contribution >= 4 is 22.8 Å². The first-order chi connectivity index (χ1) is 20.2. The molecule has 1 aliphatic rings. The number of rotatable bonds is 9. The van der Waals surface area contributed by atoms with Gasteiger partial charge in [0.25, 0.3) is 5.91 Å². The lowest BCUT2D eigenvalue weighted by atomic mass is 10.0. The number of hydrogen-bond donors (Lipinski definition) is 1. The number of anilines is 1. The third-order valence-corrected chi connectivity index (χ3v) is 7.11. The van der Waals surface area contributed by atoms with Gasteiger partial charge in [0.15, 0.2) is 5.65 Å². The quantitative estimate of drug-likeness (QED) is 0.213. The van der Waals surface area contributed by atoms with Gasteiger partial charge in [-0.25, -0.2) is 19.0 Å². The number of ether oxygens (including phenoxy) is 2. The van der Waals surface area contributed by atoms with E-state index in [-0.39, 0.29) is 35.4 Å². The summed E-state index contributed by atoms with van der Waals surface area (Å²) in [7, 11) is 0.